The Kier molecular flexibility index (Phi) is 2.28. The maximum Gasteiger partial charge on any atom is 0.222 e. The highest BCUT2D eigenvalue weighted by Crippen LogP contribution is 2.38. The quantitative estimate of drug-likeness (QED) is 0.647. The molecule has 1 aliphatic heterocycles. The van der Waals surface area contributed by atoms with E-state index in [2.05, 4.69) is 0 Å². The molecule has 1 N–H and O–H groups in total. The molecule has 0 aromatic heterocycles. The first-order chi connectivity index (χ1) is 6.22. The number of hydrogen-bond donors (Lipinski definition) is 1. The van der Waals surface area contributed by atoms with Crippen molar-refractivity contribution in [2.45, 2.75) is 32.3 Å². The van der Waals surface area contributed by atoms with E-state index in [1.54, 1.807) is 0 Å². The molecule has 13 heavy (non-hydrogen) atoms. The van der Waals surface area contributed by atoms with Crippen LogP contribution in [0.2, 0.25) is 0 Å². The molecule has 1 aliphatic carbocycles. The lowest BCUT2D eigenvalue weighted by atomic mass is 10.00. The van der Waals surface area contributed by atoms with Crippen LogP contribution >= 0.6 is 0 Å². The summed E-state index contributed by atoms with van der Waals surface area (Å²) in [5.74, 6) is 1.18. The molecule has 0 spiro atoms. The molecular weight excluding hydrogens is 166 g/mol. The van der Waals surface area contributed by atoms with E-state index in [1.165, 1.54) is 0 Å². The number of fused-ring (bicyclic) bond motifs is 1. The van der Waals surface area contributed by atoms with Crippen LogP contribution in [-0.2, 0) is 4.79 Å². The minimum atomic E-state index is -0.153. The molecule has 3 unspecified atom stereocenters. The molecular formula is C10H17NO2. The molecule has 2 fully saturated rings. The van der Waals surface area contributed by atoms with Crippen molar-refractivity contribution >= 4 is 5.91 Å². The number of amides is 1. The van der Waals surface area contributed by atoms with Gasteiger partial charge in [-0.15, -0.1) is 0 Å². The van der Waals surface area contributed by atoms with Gasteiger partial charge >= 0.3 is 0 Å². The van der Waals surface area contributed by atoms with Crippen molar-refractivity contribution in [3.05, 3.63) is 0 Å². The molecule has 1 saturated heterocycles. The third-order valence-corrected chi connectivity index (χ3v) is 3.47. The summed E-state index contributed by atoms with van der Waals surface area (Å²) >= 11 is 0. The average molecular weight is 183 g/mol. The van der Waals surface area contributed by atoms with Gasteiger partial charge in [0.1, 0.15) is 0 Å². The van der Waals surface area contributed by atoms with Gasteiger partial charge in [-0.3, -0.25) is 4.79 Å². The Hall–Kier alpha value is -0.570. The molecule has 2 aliphatic rings. The first-order valence-electron chi connectivity index (χ1n) is 5.18. The van der Waals surface area contributed by atoms with Gasteiger partial charge in [0.25, 0.3) is 0 Å². The molecule has 0 radical (unpaired) electrons. The lowest BCUT2D eigenvalue weighted by molar-refractivity contribution is -0.130. The minimum absolute atomic E-state index is 0.153. The van der Waals surface area contributed by atoms with Gasteiger partial charge in [0.15, 0.2) is 0 Å². The summed E-state index contributed by atoms with van der Waals surface area (Å²) in [6.07, 6.45) is 2.47. The average Bonchev–Trinajstić information content (AvgIpc) is 2.67. The number of nitrogens with zero attached hydrogens (tertiary/aromatic N) is 1. The largest absolute Gasteiger partial charge is 0.393 e. The van der Waals surface area contributed by atoms with E-state index in [9.17, 15) is 9.90 Å². The fraction of sp³-hybridized carbons (Fsp3) is 0.900. The number of hydrogen-bond acceptors (Lipinski definition) is 2. The minimum Gasteiger partial charge on any atom is -0.393 e. The Bertz CT molecular complexity index is 217. The predicted octanol–water partition coefficient (Wildman–Crippen LogP) is 0.626. The van der Waals surface area contributed by atoms with Crippen molar-refractivity contribution < 1.29 is 9.90 Å². The van der Waals surface area contributed by atoms with Crippen molar-refractivity contribution in [3.8, 4) is 0 Å². The monoisotopic (exact) mass is 183 g/mol. The zero-order chi connectivity index (χ0) is 9.42. The number of carbonyl (C=O) groups is 1. The van der Waals surface area contributed by atoms with Crippen LogP contribution in [0, 0.1) is 11.8 Å². The van der Waals surface area contributed by atoms with Crippen molar-refractivity contribution in [3.63, 3.8) is 0 Å². The van der Waals surface area contributed by atoms with Gasteiger partial charge in [-0.2, -0.15) is 0 Å². The Labute approximate surface area is 78.7 Å². The Morgan fingerprint density at radius 3 is 2.85 bits per heavy atom. The van der Waals surface area contributed by atoms with Gasteiger partial charge in [0, 0.05) is 25.4 Å². The second-order valence-electron chi connectivity index (χ2n) is 4.22. The summed E-state index contributed by atoms with van der Waals surface area (Å²) in [7, 11) is 0. The summed E-state index contributed by atoms with van der Waals surface area (Å²) in [4.78, 5) is 13.3. The third kappa shape index (κ3) is 1.46. The van der Waals surface area contributed by atoms with Gasteiger partial charge in [0.2, 0.25) is 5.91 Å². The van der Waals surface area contributed by atoms with Crippen LogP contribution in [0.25, 0.3) is 0 Å². The zero-order valence-corrected chi connectivity index (χ0v) is 8.07. The van der Waals surface area contributed by atoms with E-state index in [-0.39, 0.29) is 12.0 Å². The number of carbonyl (C=O) groups excluding carboxylic acids is 1. The summed E-state index contributed by atoms with van der Waals surface area (Å²) < 4.78 is 0. The van der Waals surface area contributed by atoms with E-state index in [1.807, 2.05) is 11.8 Å². The van der Waals surface area contributed by atoms with E-state index in [0.717, 1.165) is 25.9 Å². The summed E-state index contributed by atoms with van der Waals surface area (Å²) in [5.41, 5.74) is 0. The van der Waals surface area contributed by atoms with Gasteiger partial charge in [0.05, 0.1) is 6.10 Å². The normalized spacial score (nSPS) is 38.0. The maximum absolute atomic E-state index is 11.4. The SMILES string of the molecule is CCC(=O)N1CC2CCC(O)C2C1. The van der Waals surface area contributed by atoms with E-state index < -0.39 is 0 Å². The molecule has 3 nitrogen and oxygen atoms in total. The molecule has 1 saturated carbocycles. The number of aliphatic hydroxyl groups excluding tert-OH is 1. The number of rotatable bonds is 1. The summed E-state index contributed by atoms with van der Waals surface area (Å²) in [5, 5.41) is 9.63. The Balaban J connectivity index is 1.98. The topological polar surface area (TPSA) is 40.5 Å². The molecule has 2 rings (SSSR count). The summed E-state index contributed by atoms with van der Waals surface area (Å²) in [6.45, 7) is 3.57. The molecule has 1 amide bonds. The molecule has 1 heterocycles. The standard InChI is InChI=1S/C10H17NO2/c1-2-10(13)11-5-7-3-4-9(12)8(7)6-11/h7-9,12H,2-6H2,1H3. The van der Waals surface area contributed by atoms with Crippen LogP contribution < -0.4 is 0 Å². The maximum atomic E-state index is 11.4. The molecule has 3 atom stereocenters. The van der Waals surface area contributed by atoms with E-state index in [4.69, 9.17) is 0 Å². The smallest absolute Gasteiger partial charge is 0.222 e. The van der Waals surface area contributed by atoms with Crippen LogP contribution in [0.4, 0.5) is 0 Å². The van der Waals surface area contributed by atoms with E-state index >= 15 is 0 Å². The fourth-order valence-electron chi connectivity index (χ4n) is 2.66. The van der Waals surface area contributed by atoms with Gasteiger partial charge in [-0.25, -0.2) is 0 Å². The second-order valence-corrected chi connectivity index (χ2v) is 4.22. The molecule has 74 valence electrons. The van der Waals surface area contributed by atoms with Crippen LogP contribution in [-0.4, -0.2) is 35.1 Å². The van der Waals surface area contributed by atoms with Crippen molar-refractivity contribution in [2.24, 2.45) is 11.8 Å². The molecule has 0 aromatic carbocycles. The third-order valence-electron chi connectivity index (χ3n) is 3.47. The summed E-state index contributed by atoms with van der Waals surface area (Å²) in [6, 6.07) is 0. The Morgan fingerprint density at radius 1 is 1.46 bits per heavy atom. The van der Waals surface area contributed by atoms with Crippen LogP contribution in [0.15, 0.2) is 0 Å². The lowest BCUT2D eigenvalue weighted by Gasteiger charge is -2.17. The van der Waals surface area contributed by atoms with Crippen molar-refractivity contribution in [1.82, 2.24) is 4.90 Å². The highest BCUT2D eigenvalue weighted by molar-refractivity contribution is 5.76. The van der Waals surface area contributed by atoms with Crippen LogP contribution in [0.5, 0.6) is 0 Å². The Morgan fingerprint density at radius 2 is 2.23 bits per heavy atom. The first-order valence-corrected chi connectivity index (χ1v) is 5.18. The van der Waals surface area contributed by atoms with Crippen LogP contribution in [0.1, 0.15) is 26.2 Å². The molecule has 3 heteroatoms. The molecule has 0 aromatic rings. The van der Waals surface area contributed by atoms with E-state index in [0.29, 0.717) is 18.3 Å². The van der Waals surface area contributed by atoms with Crippen molar-refractivity contribution in [1.29, 1.82) is 0 Å². The van der Waals surface area contributed by atoms with Crippen LogP contribution in [0.3, 0.4) is 0 Å². The van der Waals surface area contributed by atoms with Gasteiger partial charge in [-0.05, 0) is 18.8 Å². The van der Waals surface area contributed by atoms with Gasteiger partial charge in [-0.1, -0.05) is 6.92 Å². The van der Waals surface area contributed by atoms with Crippen molar-refractivity contribution in [2.75, 3.05) is 13.1 Å². The first kappa shape index (κ1) is 9.00. The lowest BCUT2D eigenvalue weighted by Crippen LogP contribution is -2.30. The second kappa shape index (κ2) is 3.29. The highest BCUT2D eigenvalue weighted by Gasteiger charge is 2.42. The highest BCUT2D eigenvalue weighted by atomic mass is 16.3. The number of aliphatic hydroxyl groups is 1. The van der Waals surface area contributed by atoms with Gasteiger partial charge < -0.3 is 10.0 Å². The fourth-order valence-corrected chi connectivity index (χ4v) is 2.66. The zero-order valence-electron chi connectivity index (χ0n) is 8.07. The number of likely N-dealkylation sites (tertiary alicyclic amines) is 1. The predicted molar refractivity (Wildman–Crippen MR) is 49.1 cm³/mol. The molecule has 0 bridgehead atoms.